The summed E-state index contributed by atoms with van der Waals surface area (Å²) in [5.74, 6) is 0. The first kappa shape index (κ1) is 29.2. The van der Waals surface area contributed by atoms with Crippen LogP contribution in [0.25, 0.3) is 12.2 Å². The van der Waals surface area contributed by atoms with Crippen molar-refractivity contribution in [1.29, 1.82) is 0 Å². The summed E-state index contributed by atoms with van der Waals surface area (Å²) in [5.41, 5.74) is 12.5. The fraction of sp³-hybridized carbons (Fsp3) is 0.0732. The predicted molar refractivity (Wildman–Crippen MR) is 188 cm³/mol. The van der Waals surface area contributed by atoms with Crippen LogP contribution in [0, 0.1) is 20.8 Å². The molecule has 212 valence electrons. The summed E-state index contributed by atoms with van der Waals surface area (Å²) in [4.78, 5) is 4.50. The summed E-state index contributed by atoms with van der Waals surface area (Å²) < 4.78 is 0. The summed E-state index contributed by atoms with van der Waals surface area (Å²) >= 11 is 0. The van der Waals surface area contributed by atoms with Crippen molar-refractivity contribution in [3.63, 3.8) is 0 Å². The average molecular weight is 559 g/mol. The summed E-state index contributed by atoms with van der Waals surface area (Å²) in [6.07, 6.45) is 9.94. The SMILES string of the molecule is C=C/C=C(\C=C)N(c1ccc(C)cc1)c1ccc(/C=C/c2ccc(N(c3cccc(C)c3)c3cccc(C)c3)cc2)cc1. The van der Waals surface area contributed by atoms with Crippen LogP contribution in [0.2, 0.25) is 0 Å². The third-order valence-corrected chi connectivity index (χ3v) is 7.34. The van der Waals surface area contributed by atoms with Gasteiger partial charge in [-0.25, -0.2) is 0 Å². The van der Waals surface area contributed by atoms with Crippen molar-refractivity contribution in [2.75, 3.05) is 9.80 Å². The monoisotopic (exact) mass is 558 g/mol. The fourth-order valence-electron chi connectivity index (χ4n) is 5.14. The van der Waals surface area contributed by atoms with E-state index in [-0.39, 0.29) is 0 Å². The number of rotatable bonds is 10. The third-order valence-electron chi connectivity index (χ3n) is 7.34. The first-order valence-corrected chi connectivity index (χ1v) is 14.6. The Bertz CT molecular complexity index is 1710. The minimum Gasteiger partial charge on any atom is -0.311 e. The van der Waals surface area contributed by atoms with Gasteiger partial charge >= 0.3 is 0 Å². The molecule has 0 aromatic heterocycles. The quantitative estimate of drug-likeness (QED) is 0.124. The van der Waals surface area contributed by atoms with Crippen molar-refractivity contribution in [3.05, 3.63) is 186 Å². The molecule has 0 heterocycles. The van der Waals surface area contributed by atoms with Crippen molar-refractivity contribution >= 4 is 40.6 Å². The van der Waals surface area contributed by atoms with Gasteiger partial charge in [-0.15, -0.1) is 0 Å². The molecule has 0 aliphatic heterocycles. The van der Waals surface area contributed by atoms with Crippen molar-refractivity contribution in [2.45, 2.75) is 20.8 Å². The van der Waals surface area contributed by atoms with Crippen molar-refractivity contribution in [2.24, 2.45) is 0 Å². The zero-order chi connectivity index (χ0) is 30.2. The van der Waals surface area contributed by atoms with Gasteiger partial charge in [0.05, 0.1) is 0 Å². The lowest BCUT2D eigenvalue weighted by molar-refractivity contribution is 1.21. The summed E-state index contributed by atoms with van der Waals surface area (Å²) in [6.45, 7) is 14.3. The highest BCUT2D eigenvalue weighted by atomic mass is 15.1. The van der Waals surface area contributed by atoms with Crippen LogP contribution in [0.5, 0.6) is 0 Å². The molecule has 0 unspecified atom stereocenters. The molecular weight excluding hydrogens is 520 g/mol. The number of allylic oxidation sites excluding steroid dienone is 3. The molecule has 0 atom stereocenters. The smallest absolute Gasteiger partial charge is 0.0464 e. The lowest BCUT2D eigenvalue weighted by Crippen LogP contribution is -2.14. The van der Waals surface area contributed by atoms with Gasteiger partial charge in [-0.1, -0.05) is 97.6 Å². The minimum absolute atomic E-state index is 0.965. The van der Waals surface area contributed by atoms with Gasteiger partial charge in [0.2, 0.25) is 0 Å². The van der Waals surface area contributed by atoms with Gasteiger partial charge in [0, 0.05) is 34.1 Å². The molecular formula is C41H38N2. The van der Waals surface area contributed by atoms with Gasteiger partial charge in [0.25, 0.3) is 0 Å². The minimum atomic E-state index is 0.965. The summed E-state index contributed by atoms with van der Waals surface area (Å²) in [6, 6.07) is 43.1. The van der Waals surface area contributed by atoms with Crippen molar-refractivity contribution < 1.29 is 0 Å². The van der Waals surface area contributed by atoms with E-state index in [0.717, 1.165) is 45.3 Å². The summed E-state index contributed by atoms with van der Waals surface area (Å²) in [7, 11) is 0. The Hall–Kier alpha value is -5.34. The van der Waals surface area contributed by atoms with Gasteiger partial charge in [-0.05, 0) is 116 Å². The van der Waals surface area contributed by atoms with Crippen LogP contribution in [0.1, 0.15) is 27.8 Å². The van der Waals surface area contributed by atoms with Crippen LogP contribution in [0.4, 0.5) is 28.4 Å². The number of aryl methyl sites for hydroxylation is 3. The first-order valence-electron chi connectivity index (χ1n) is 14.6. The highest BCUT2D eigenvalue weighted by Gasteiger charge is 2.14. The Morgan fingerprint density at radius 1 is 0.512 bits per heavy atom. The van der Waals surface area contributed by atoms with E-state index < -0.39 is 0 Å². The molecule has 0 fully saturated rings. The van der Waals surface area contributed by atoms with Crippen molar-refractivity contribution in [3.8, 4) is 0 Å². The second-order valence-corrected chi connectivity index (χ2v) is 10.7. The van der Waals surface area contributed by atoms with E-state index in [4.69, 9.17) is 0 Å². The highest BCUT2D eigenvalue weighted by molar-refractivity contribution is 5.79. The maximum absolute atomic E-state index is 4.04. The molecule has 5 aromatic rings. The van der Waals surface area contributed by atoms with Crippen LogP contribution < -0.4 is 9.80 Å². The number of hydrogen-bond donors (Lipinski definition) is 0. The zero-order valence-corrected chi connectivity index (χ0v) is 25.2. The highest BCUT2D eigenvalue weighted by Crippen LogP contribution is 2.36. The first-order chi connectivity index (χ1) is 20.9. The Kier molecular flexibility index (Phi) is 9.19. The topological polar surface area (TPSA) is 6.48 Å². The fourth-order valence-corrected chi connectivity index (χ4v) is 5.14. The zero-order valence-electron chi connectivity index (χ0n) is 25.2. The van der Waals surface area contributed by atoms with Crippen LogP contribution >= 0.6 is 0 Å². The largest absolute Gasteiger partial charge is 0.311 e. The normalized spacial score (nSPS) is 11.4. The van der Waals surface area contributed by atoms with E-state index in [9.17, 15) is 0 Å². The summed E-state index contributed by atoms with van der Waals surface area (Å²) in [5, 5.41) is 0. The van der Waals surface area contributed by atoms with Crippen LogP contribution in [0.3, 0.4) is 0 Å². The lowest BCUT2D eigenvalue weighted by Gasteiger charge is -2.26. The number of benzene rings is 5. The van der Waals surface area contributed by atoms with E-state index in [1.807, 2.05) is 12.2 Å². The molecule has 0 bridgehead atoms. The van der Waals surface area contributed by atoms with Gasteiger partial charge in [-0.3, -0.25) is 0 Å². The van der Waals surface area contributed by atoms with Crippen LogP contribution in [-0.2, 0) is 0 Å². The molecule has 0 aliphatic rings. The Morgan fingerprint density at radius 2 is 0.977 bits per heavy atom. The number of hydrogen-bond acceptors (Lipinski definition) is 2. The number of anilines is 5. The molecule has 5 rings (SSSR count). The molecule has 0 spiro atoms. The van der Waals surface area contributed by atoms with Gasteiger partial charge in [0.15, 0.2) is 0 Å². The Labute approximate surface area is 256 Å². The van der Waals surface area contributed by atoms with E-state index in [0.29, 0.717) is 0 Å². The maximum atomic E-state index is 4.04. The van der Waals surface area contributed by atoms with E-state index in [2.05, 4.69) is 177 Å². The van der Waals surface area contributed by atoms with Gasteiger partial charge in [0.1, 0.15) is 0 Å². The molecule has 43 heavy (non-hydrogen) atoms. The molecule has 0 radical (unpaired) electrons. The van der Waals surface area contributed by atoms with Gasteiger partial charge in [-0.2, -0.15) is 0 Å². The van der Waals surface area contributed by atoms with Gasteiger partial charge < -0.3 is 9.80 Å². The van der Waals surface area contributed by atoms with Crippen LogP contribution in [-0.4, -0.2) is 0 Å². The van der Waals surface area contributed by atoms with Crippen LogP contribution in [0.15, 0.2) is 158 Å². The van der Waals surface area contributed by atoms with E-state index in [1.54, 1.807) is 6.08 Å². The Balaban J connectivity index is 1.39. The average Bonchev–Trinajstić information content (AvgIpc) is 3.02. The van der Waals surface area contributed by atoms with E-state index in [1.165, 1.54) is 16.7 Å². The predicted octanol–water partition coefficient (Wildman–Crippen LogP) is 11.6. The van der Waals surface area contributed by atoms with E-state index >= 15 is 0 Å². The van der Waals surface area contributed by atoms with Crippen molar-refractivity contribution in [1.82, 2.24) is 0 Å². The molecule has 0 saturated carbocycles. The molecule has 0 saturated heterocycles. The molecule has 5 aromatic carbocycles. The standard InChI is InChI=1S/C41H38N2/c1-6-10-36(7-2)42(37-23-15-31(3)16-24-37)38-25-19-34(20-26-38)17-18-35-21-27-39(28-22-35)43(40-13-8-11-32(4)29-40)41-14-9-12-33(5)30-41/h6-30H,1-2H2,3-5H3/b18-17+,36-10+. The molecule has 0 N–H and O–H groups in total. The second kappa shape index (κ2) is 13.5. The second-order valence-electron chi connectivity index (χ2n) is 10.7. The molecule has 0 amide bonds. The Morgan fingerprint density at radius 3 is 1.42 bits per heavy atom. The maximum Gasteiger partial charge on any atom is 0.0464 e. The third kappa shape index (κ3) is 7.12. The molecule has 0 aliphatic carbocycles. The number of nitrogens with zero attached hydrogens (tertiary/aromatic N) is 2. The lowest BCUT2D eigenvalue weighted by atomic mass is 10.1. The molecule has 2 nitrogen and oxygen atoms in total. The molecule has 2 heteroatoms.